The van der Waals surface area contributed by atoms with Crippen molar-refractivity contribution in [2.45, 2.75) is 24.3 Å². The first kappa shape index (κ1) is 24.0. The van der Waals surface area contributed by atoms with Crippen molar-refractivity contribution in [3.63, 3.8) is 0 Å². The molecule has 34 heavy (non-hydrogen) atoms. The summed E-state index contributed by atoms with van der Waals surface area (Å²) in [6, 6.07) is 18.0. The second-order valence-electron chi connectivity index (χ2n) is 7.89. The summed E-state index contributed by atoms with van der Waals surface area (Å²) in [6.07, 6.45) is -0.349. The topological polar surface area (TPSA) is 94.2 Å². The molecule has 9 heteroatoms. The lowest BCUT2D eigenvalue weighted by Gasteiger charge is -2.26. The summed E-state index contributed by atoms with van der Waals surface area (Å²) in [5.74, 6) is 0.543. The van der Waals surface area contributed by atoms with Crippen molar-refractivity contribution in [3.8, 4) is 11.5 Å². The molecule has 8 nitrogen and oxygen atoms in total. The van der Waals surface area contributed by atoms with E-state index >= 15 is 0 Å². The zero-order valence-electron chi connectivity index (χ0n) is 19.2. The van der Waals surface area contributed by atoms with Crippen molar-refractivity contribution < 1.29 is 27.4 Å². The third-order valence-corrected chi connectivity index (χ3v) is 7.59. The van der Waals surface area contributed by atoms with Crippen molar-refractivity contribution in [2.24, 2.45) is 0 Å². The Hall–Kier alpha value is -3.14. The predicted octanol–water partition coefficient (Wildman–Crippen LogP) is 3.67. The number of rotatable bonds is 8. The minimum atomic E-state index is -3.73. The van der Waals surface area contributed by atoms with Crippen molar-refractivity contribution >= 4 is 32.4 Å². The van der Waals surface area contributed by atoms with Crippen LogP contribution in [0.25, 0.3) is 10.8 Å². The number of hydrogen-bond donors (Lipinski definition) is 1. The molecule has 1 aliphatic heterocycles. The number of carbonyl (C=O) groups is 1. The summed E-state index contributed by atoms with van der Waals surface area (Å²) in [5.41, 5.74) is 0.266. The van der Waals surface area contributed by atoms with Crippen molar-refractivity contribution in [2.75, 3.05) is 38.7 Å². The average Bonchev–Trinajstić information content (AvgIpc) is 2.87. The van der Waals surface area contributed by atoms with Crippen molar-refractivity contribution in [3.05, 3.63) is 60.7 Å². The number of morpholine rings is 1. The number of benzene rings is 3. The van der Waals surface area contributed by atoms with E-state index in [-0.39, 0.29) is 23.7 Å². The molecule has 3 aromatic carbocycles. The molecule has 1 atom stereocenters. The van der Waals surface area contributed by atoms with E-state index in [0.29, 0.717) is 31.1 Å². The van der Waals surface area contributed by atoms with Crippen LogP contribution in [0, 0.1) is 0 Å². The van der Waals surface area contributed by atoms with E-state index in [9.17, 15) is 13.2 Å². The number of hydrogen-bond acceptors (Lipinski definition) is 6. The first-order valence-electron chi connectivity index (χ1n) is 11.1. The highest BCUT2D eigenvalue weighted by atomic mass is 32.2. The molecule has 0 radical (unpaired) electrons. The van der Waals surface area contributed by atoms with Gasteiger partial charge in [-0.3, -0.25) is 4.79 Å². The highest BCUT2D eigenvalue weighted by Crippen LogP contribution is 2.30. The van der Waals surface area contributed by atoms with Crippen LogP contribution in [-0.4, -0.2) is 58.1 Å². The molecule has 0 spiro atoms. The molecule has 1 unspecified atom stereocenters. The molecule has 1 aliphatic rings. The number of sulfonamides is 1. The van der Waals surface area contributed by atoms with Gasteiger partial charge in [-0.1, -0.05) is 37.3 Å². The number of amides is 1. The van der Waals surface area contributed by atoms with Gasteiger partial charge in [0.05, 0.1) is 30.9 Å². The van der Waals surface area contributed by atoms with Gasteiger partial charge < -0.3 is 19.5 Å². The summed E-state index contributed by atoms with van der Waals surface area (Å²) < 4.78 is 44.1. The summed E-state index contributed by atoms with van der Waals surface area (Å²) in [7, 11) is -2.26. The van der Waals surface area contributed by atoms with E-state index in [4.69, 9.17) is 14.2 Å². The molecule has 1 fully saturated rings. The maximum absolute atomic E-state index is 13.1. The minimum absolute atomic E-state index is 0.0778. The molecule has 1 N–H and O–H groups in total. The Bertz CT molecular complexity index is 1270. The lowest BCUT2D eigenvalue weighted by molar-refractivity contribution is -0.122. The van der Waals surface area contributed by atoms with E-state index in [0.717, 1.165) is 10.8 Å². The van der Waals surface area contributed by atoms with Crippen LogP contribution in [0.4, 0.5) is 5.69 Å². The maximum Gasteiger partial charge on any atom is 0.265 e. The van der Waals surface area contributed by atoms with Crippen LogP contribution in [0.2, 0.25) is 0 Å². The van der Waals surface area contributed by atoms with E-state index in [1.165, 1.54) is 29.6 Å². The van der Waals surface area contributed by atoms with Crippen molar-refractivity contribution in [1.29, 1.82) is 0 Å². The smallest absolute Gasteiger partial charge is 0.265 e. The summed E-state index contributed by atoms with van der Waals surface area (Å²) in [4.78, 5) is 13.2. The van der Waals surface area contributed by atoms with Crippen LogP contribution in [0.1, 0.15) is 13.3 Å². The average molecular weight is 485 g/mol. The molecular formula is C25H28N2O6S. The highest BCUT2D eigenvalue weighted by Gasteiger charge is 2.28. The van der Waals surface area contributed by atoms with Crippen molar-refractivity contribution in [1.82, 2.24) is 4.31 Å². The number of nitrogens with zero attached hydrogens (tertiary/aromatic N) is 1. The number of anilines is 1. The Morgan fingerprint density at radius 1 is 1.06 bits per heavy atom. The van der Waals surface area contributed by atoms with Gasteiger partial charge >= 0.3 is 0 Å². The van der Waals surface area contributed by atoms with Gasteiger partial charge in [-0.15, -0.1) is 0 Å². The fraction of sp³-hybridized carbons (Fsp3) is 0.320. The molecule has 4 rings (SSSR count). The Kier molecular flexibility index (Phi) is 7.35. The zero-order valence-corrected chi connectivity index (χ0v) is 20.0. The molecule has 1 saturated heterocycles. The third-order valence-electron chi connectivity index (χ3n) is 5.70. The van der Waals surface area contributed by atoms with Crippen LogP contribution < -0.4 is 14.8 Å². The molecule has 0 aromatic heterocycles. The van der Waals surface area contributed by atoms with E-state index in [1.54, 1.807) is 0 Å². The van der Waals surface area contributed by atoms with Crippen LogP contribution >= 0.6 is 0 Å². The first-order valence-corrected chi connectivity index (χ1v) is 12.6. The van der Waals surface area contributed by atoms with Gasteiger partial charge in [0.1, 0.15) is 11.5 Å². The van der Waals surface area contributed by atoms with Crippen LogP contribution in [0.15, 0.2) is 65.6 Å². The number of nitrogens with one attached hydrogen (secondary N) is 1. The molecule has 1 heterocycles. The lowest BCUT2D eigenvalue weighted by Crippen LogP contribution is -2.40. The van der Waals surface area contributed by atoms with E-state index in [2.05, 4.69) is 5.32 Å². The molecule has 0 aliphatic carbocycles. The maximum atomic E-state index is 13.1. The molecule has 0 bridgehead atoms. The molecule has 1 amide bonds. The minimum Gasteiger partial charge on any atom is -0.495 e. The van der Waals surface area contributed by atoms with Gasteiger partial charge in [0.25, 0.3) is 5.91 Å². The molecule has 3 aromatic rings. The standard InChI is InChI=1S/C25H28N2O6S/c1-3-23(33-20-9-8-18-6-4-5-7-19(18)16-20)25(28)26-22-17-21(10-11-24(22)31-2)34(29,30)27-12-14-32-15-13-27/h4-11,16-17,23H,3,12-15H2,1-2H3,(H,26,28). The van der Waals surface area contributed by atoms with Gasteiger partial charge in [-0.05, 0) is 47.5 Å². The van der Waals surface area contributed by atoms with Gasteiger partial charge in [0.2, 0.25) is 10.0 Å². The number of methoxy groups -OCH3 is 1. The van der Waals surface area contributed by atoms with E-state index < -0.39 is 22.0 Å². The zero-order chi connectivity index (χ0) is 24.1. The second kappa shape index (κ2) is 10.4. The van der Waals surface area contributed by atoms with Crippen LogP contribution in [0.5, 0.6) is 11.5 Å². The summed E-state index contributed by atoms with van der Waals surface area (Å²) in [6.45, 7) is 3.12. The Morgan fingerprint density at radius 3 is 2.50 bits per heavy atom. The van der Waals surface area contributed by atoms with Crippen LogP contribution in [-0.2, 0) is 19.6 Å². The molecule has 180 valence electrons. The van der Waals surface area contributed by atoms with Gasteiger partial charge in [0.15, 0.2) is 6.10 Å². The molecular weight excluding hydrogens is 456 g/mol. The normalized spacial score (nSPS) is 15.6. The SMILES string of the molecule is CCC(Oc1ccc2ccccc2c1)C(=O)Nc1cc(S(=O)(=O)N2CCOCC2)ccc1OC. The van der Waals surface area contributed by atoms with Crippen LogP contribution in [0.3, 0.4) is 0 Å². The number of fused-ring (bicyclic) bond motifs is 1. The largest absolute Gasteiger partial charge is 0.495 e. The van der Waals surface area contributed by atoms with Gasteiger partial charge in [-0.2, -0.15) is 4.31 Å². The predicted molar refractivity (Wildman–Crippen MR) is 130 cm³/mol. The van der Waals surface area contributed by atoms with E-state index in [1.807, 2.05) is 49.4 Å². The first-order chi connectivity index (χ1) is 16.4. The van der Waals surface area contributed by atoms with Gasteiger partial charge in [-0.25, -0.2) is 8.42 Å². The third kappa shape index (κ3) is 5.16. The second-order valence-corrected chi connectivity index (χ2v) is 9.83. The summed E-state index contributed by atoms with van der Waals surface area (Å²) >= 11 is 0. The Balaban J connectivity index is 1.54. The number of carbonyl (C=O) groups excluding carboxylic acids is 1. The Morgan fingerprint density at radius 2 is 1.79 bits per heavy atom. The fourth-order valence-corrected chi connectivity index (χ4v) is 5.26. The Labute approximate surface area is 199 Å². The highest BCUT2D eigenvalue weighted by molar-refractivity contribution is 7.89. The lowest BCUT2D eigenvalue weighted by atomic mass is 10.1. The summed E-state index contributed by atoms with van der Waals surface area (Å²) in [5, 5.41) is 4.88. The quantitative estimate of drug-likeness (QED) is 0.524. The molecule has 0 saturated carbocycles. The van der Waals surface area contributed by atoms with Gasteiger partial charge in [0, 0.05) is 13.1 Å². The fourth-order valence-electron chi connectivity index (χ4n) is 3.82. The monoisotopic (exact) mass is 484 g/mol. The number of ether oxygens (including phenoxy) is 3.